The van der Waals surface area contributed by atoms with Crippen molar-refractivity contribution in [1.29, 1.82) is 0 Å². The van der Waals surface area contributed by atoms with E-state index >= 15 is 0 Å². The molecule has 0 saturated heterocycles. The molecule has 1 aromatic rings. The zero-order chi connectivity index (χ0) is 29.3. The van der Waals surface area contributed by atoms with Crippen molar-refractivity contribution in [2.24, 2.45) is 0 Å². The van der Waals surface area contributed by atoms with Gasteiger partial charge in [0.25, 0.3) is 0 Å². The van der Waals surface area contributed by atoms with Gasteiger partial charge in [0.15, 0.2) is 0 Å². The molecule has 1 aromatic carbocycles. The fourth-order valence-corrected chi connectivity index (χ4v) is 4.98. The number of hydrogen-bond acceptors (Lipinski definition) is 6. The number of ether oxygens (including phenoxy) is 3. The summed E-state index contributed by atoms with van der Waals surface area (Å²) < 4.78 is 16.6. The predicted octanol–water partition coefficient (Wildman–Crippen LogP) is 8.54. The van der Waals surface area contributed by atoms with Gasteiger partial charge in [0, 0.05) is 23.0 Å². The molecule has 224 valence electrons. The predicted molar refractivity (Wildman–Crippen MR) is 159 cm³/mol. The number of unbranched alkanes of at least 4 members (excludes halogenated alkanes) is 8. The number of aromatic hydroxyl groups is 1. The molecule has 39 heavy (non-hydrogen) atoms. The first-order chi connectivity index (χ1) is 18.5. The van der Waals surface area contributed by atoms with Crippen LogP contribution >= 0.6 is 0 Å². The molecule has 0 saturated carbocycles. The number of phenolic OH excluding ortho intramolecular Hbond substituents is 1. The second kappa shape index (κ2) is 18.2. The molecule has 0 fully saturated rings. The van der Waals surface area contributed by atoms with Crippen molar-refractivity contribution >= 4 is 11.9 Å². The lowest BCUT2D eigenvalue weighted by Gasteiger charge is -2.31. The Morgan fingerprint density at radius 3 is 1.85 bits per heavy atom. The third kappa shape index (κ3) is 13.1. The summed E-state index contributed by atoms with van der Waals surface area (Å²) in [5.74, 6) is 0.403. The molecule has 0 unspecified atom stereocenters. The van der Waals surface area contributed by atoms with E-state index in [1.165, 1.54) is 25.7 Å². The molecule has 1 N–H and O–H groups in total. The lowest BCUT2D eigenvalue weighted by molar-refractivity contribution is -0.145. The quantitative estimate of drug-likeness (QED) is 0.122. The van der Waals surface area contributed by atoms with Gasteiger partial charge in [-0.15, -0.1) is 0 Å². The lowest BCUT2D eigenvalue weighted by Crippen LogP contribution is -2.25. The zero-order valence-electron chi connectivity index (χ0n) is 26.0. The van der Waals surface area contributed by atoms with Crippen molar-refractivity contribution in [3.8, 4) is 11.5 Å². The summed E-state index contributed by atoms with van der Waals surface area (Å²) in [6, 6.07) is 3.60. The van der Waals surface area contributed by atoms with Crippen LogP contribution in [0.1, 0.15) is 143 Å². The largest absolute Gasteiger partial charge is 0.508 e. The normalized spacial score (nSPS) is 11.9. The Bertz CT molecular complexity index is 858. The van der Waals surface area contributed by atoms with Crippen LogP contribution in [0.4, 0.5) is 0 Å². The van der Waals surface area contributed by atoms with Gasteiger partial charge in [0.05, 0.1) is 26.7 Å². The number of rotatable bonds is 21. The Morgan fingerprint density at radius 2 is 1.26 bits per heavy atom. The number of carbonyl (C=O) groups is 2. The fraction of sp³-hybridized carbons (Fsp3) is 0.758. The molecule has 6 nitrogen and oxygen atoms in total. The Morgan fingerprint density at radius 1 is 0.718 bits per heavy atom. The van der Waals surface area contributed by atoms with Crippen LogP contribution in [-0.2, 0) is 29.9 Å². The molecule has 0 amide bonds. The van der Waals surface area contributed by atoms with Gasteiger partial charge in [0.1, 0.15) is 11.5 Å². The van der Waals surface area contributed by atoms with E-state index in [1.54, 1.807) is 13.2 Å². The lowest BCUT2D eigenvalue weighted by atomic mass is 9.76. The third-order valence-corrected chi connectivity index (χ3v) is 7.57. The van der Waals surface area contributed by atoms with Crippen molar-refractivity contribution in [3.05, 3.63) is 23.3 Å². The number of esters is 2. The van der Waals surface area contributed by atoms with Gasteiger partial charge in [-0.05, 0) is 43.2 Å². The van der Waals surface area contributed by atoms with E-state index in [1.807, 2.05) is 19.9 Å². The van der Waals surface area contributed by atoms with E-state index in [4.69, 9.17) is 14.2 Å². The van der Waals surface area contributed by atoms with E-state index in [2.05, 4.69) is 27.7 Å². The van der Waals surface area contributed by atoms with Crippen LogP contribution in [-0.4, -0.2) is 37.4 Å². The van der Waals surface area contributed by atoms with Crippen LogP contribution in [0.15, 0.2) is 12.1 Å². The molecule has 0 aliphatic carbocycles. The van der Waals surface area contributed by atoms with Crippen LogP contribution in [0.5, 0.6) is 11.5 Å². The molecule has 0 aromatic heterocycles. The zero-order valence-corrected chi connectivity index (χ0v) is 26.0. The van der Waals surface area contributed by atoms with Gasteiger partial charge in [-0.2, -0.15) is 0 Å². The van der Waals surface area contributed by atoms with E-state index in [9.17, 15) is 14.7 Å². The van der Waals surface area contributed by atoms with Gasteiger partial charge in [-0.25, -0.2) is 0 Å². The maximum Gasteiger partial charge on any atom is 0.306 e. The van der Waals surface area contributed by atoms with E-state index in [-0.39, 0.29) is 29.5 Å². The first-order valence-electron chi connectivity index (χ1n) is 15.2. The summed E-state index contributed by atoms with van der Waals surface area (Å²) in [7, 11) is 1.61. The highest BCUT2D eigenvalue weighted by molar-refractivity contribution is 5.72. The number of methoxy groups -OCH3 is 1. The Balaban J connectivity index is 2.72. The first kappa shape index (κ1) is 34.8. The monoisotopic (exact) mass is 548 g/mol. The van der Waals surface area contributed by atoms with E-state index in [0.29, 0.717) is 38.2 Å². The average Bonchev–Trinajstić information content (AvgIpc) is 2.87. The highest BCUT2D eigenvalue weighted by Gasteiger charge is 2.32. The molecule has 0 aliphatic heterocycles. The number of phenols is 1. The topological polar surface area (TPSA) is 82.1 Å². The van der Waals surface area contributed by atoms with Gasteiger partial charge in [-0.1, -0.05) is 92.9 Å². The highest BCUT2D eigenvalue weighted by Crippen LogP contribution is 2.43. The molecule has 0 spiro atoms. The van der Waals surface area contributed by atoms with Crippen LogP contribution in [0.25, 0.3) is 0 Å². The minimum Gasteiger partial charge on any atom is -0.508 e. The van der Waals surface area contributed by atoms with Crippen molar-refractivity contribution < 1.29 is 28.9 Å². The average molecular weight is 549 g/mol. The van der Waals surface area contributed by atoms with Crippen molar-refractivity contribution in [3.63, 3.8) is 0 Å². The standard InChI is InChI=1S/C33H56O6/c1-8-10-12-14-15-17-22-39-31(36)25-33(5,6)27-23-28(34)26(24-29(27)37-7)32(3,4)20-18-19-30(35)38-21-16-13-11-9-2/h23-24,34H,8-22,25H2,1-7H3. The molecule has 0 radical (unpaired) electrons. The minimum absolute atomic E-state index is 0.162. The maximum atomic E-state index is 12.6. The number of hydrogen-bond donors (Lipinski definition) is 1. The molecule has 0 bridgehead atoms. The molecule has 6 heteroatoms. The number of carbonyl (C=O) groups excluding carboxylic acids is 2. The first-order valence-corrected chi connectivity index (χ1v) is 15.2. The molecule has 0 aliphatic rings. The van der Waals surface area contributed by atoms with Gasteiger partial charge < -0.3 is 19.3 Å². The summed E-state index contributed by atoms with van der Waals surface area (Å²) in [6.07, 6.45) is 13.1. The van der Waals surface area contributed by atoms with Crippen molar-refractivity contribution in [2.45, 2.75) is 142 Å². The third-order valence-electron chi connectivity index (χ3n) is 7.57. The van der Waals surface area contributed by atoms with Gasteiger partial charge in [-0.3, -0.25) is 9.59 Å². The SMILES string of the molecule is CCCCCCCCOC(=O)CC(C)(C)c1cc(O)c(C(C)(C)CCCC(=O)OCCCCCC)cc1OC. The second-order valence-corrected chi connectivity index (χ2v) is 12.1. The smallest absolute Gasteiger partial charge is 0.306 e. The minimum atomic E-state index is -0.579. The molecule has 0 heterocycles. The summed E-state index contributed by atoms with van der Waals surface area (Å²) in [6.45, 7) is 13.3. The Kier molecular flexibility index (Phi) is 16.2. The molecule has 1 rings (SSSR count). The fourth-order valence-electron chi connectivity index (χ4n) is 4.98. The van der Waals surface area contributed by atoms with Crippen LogP contribution in [0, 0.1) is 0 Å². The Hall–Kier alpha value is -2.24. The second-order valence-electron chi connectivity index (χ2n) is 12.1. The maximum absolute atomic E-state index is 12.6. The number of benzene rings is 1. The van der Waals surface area contributed by atoms with E-state index in [0.717, 1.165) is 49.7 Å². The molecular formula is C33H56O6. The molecule has 0 atom stereocenters. The van der Waals surface area contributed by atoms with Crippen molar-refractivity contribution in [2.75, 3.05) is 20.3 Å². The summed E-state index contributed by atoms with van der Waals surface area (Å²) in [5.41, 5.74) is 0.574. The summed E-state index contributed by atoms with van der Waals surface area (Å²) in [5, 5.41) is 11.0. The van der Waals surface area contributed by atoms with E-state index < -0.39 is 5.41 Å². The summed E-state index contributed by atoms with van der Waals surface area (Å²) >= 11 is 0. The van der Waals surface area contributed by atoms with Crippen LogP contribution in [0.3, 0.4) is 0 Å². The van der Waals surface area contributed by atoms with Gasteiger partial charge in [0.2, 0.25) is 0 Å². The van der Waals surface area contributed by atoms with Gasteiger partial charge >= 0.3 is 11.9 Å². The van der Waals surface area contributed by atoms with Crippen molar-refractivity contribution in [1.82, 2.24) is 0 Å². The van der Waals surface area contributed by atoms with Crippen LogP contribution < -0.4 is 4.74 Å². The summed E-state index contributed by atoms with van der Waals surface area (Å²) in [4.78, 5) is 24.7. The molecular weight excluding hydrogens is 492 g/mol. The van der Waals surface area contributed by atoms with Crippen LogP contribution in [0.2, 0.25) is 0 Å². The highest BCUT2D eigenvalue weighted by atomic mass is 16.5. The Labute approximate surface area is 238 Å².